The molecule has 0 saturated carbocycles. The van der Waals surface area contributed by atoms with Crippen molar-refractivity contribution in [3.63, 3.8) is 0 Å². The summed E-state index contributed by atoms with van der Waals surface area (Å²) in [5.74, 6) is 0.513. The number of amides is 3. The lowest BCUT2D eigenvalue weighted by atomic mass is 9.76. The first-order valence-corrected chi connectivity index (χ1v) is 8.72. The highest BCUT2D eigenvalue weighted by molar-refractivity contribution is 5.89. The number of fused-ring (bicyclic) bond motifs is 4. The van der Waals surface area contributed by atoms with Gasteiger partial charge >= 0.3 is 6.03 Å². The Hall–Kier alpha value is -2.11. The minimum Gasteiger partial charge on any atom is -0.339 e. The number of nitrogens with zero attached hydrogens (tertiary/aromatic N) is 2. The SMILES string of the molecule is O=C(Nc1ccccc1F)N1C[C@H]2C[C@H](C1)[C@H]1CCCC(=O)N1C2. The van der Waals surface area contributed by atoms with Crippen LogP contribution in [0.2, 0.25) is 0 Å². The molecular weight excluding hydrogens is 309 g/mol. The van der Waals surface area contributed by atoms with Crippen molar-refractivity contribution in [3.8, 4) is 0 Å². The standard InChI is InChI=1S/C18H22FN3O2/c19-14-4-1-2-5-15(14)20-18(24)21-9-12-8-13(11-21)16-6-3-7-17(23)22(16)10-12/h1-2,4-5,12-13,16H,3,6-11H2,(H,20,24)/t12-,13-,16-/m1/s1. The van der Waals surface area contributed by atoms with E-state index >= 15 is 0 Å². The molecule has 1 aromatic carbocycles. The lowest BCUT2D eigenvalue weighted by Gasteiger charge is -2.52. The minimum absolute atomic E-state index is 0.215. The van der Waals surface area contributed by atoms with Gasteiger partial charge < -0.3 is 15.1 Å². The number of rotatable bonds is 1. The summed E-state index contributed by atoms with van der Waals surface area (Å²) >= 11 is 0. The molecule has 3 saturated heterocycles. The van der Waals surface area contributed by atoms with Crippen LogP contribution in [0.3, 0.4) is 0 Å². The van der Waals surface area contributed by atoms with Crippen molar-refractivity contribution in [2.24, 2.45) is 11.8 Å². The first-order valence-electron chi connectivity index (χ1n) is 8.72. The Balaban J connectivity index is 1.46. The van der Waals surface area contributed by atoms with Crippen LogP contribution in [0.25, 0.3) is 0 Å². The summed E-state index contributed by atoms with van der Waals surface area (Å²) in [4.78, 5) is 28.5. The third-order valence-corrected chi connectivity index (χ3v) is 5.58. The number of benzene rings is 1. The number of likely N-dealkylation sites (tertiary alicyclic amines) is 1. The number of piperidine rings is 3. The summed E-state index contributed by atoms with van der Waals surface area (Å²) < 4.78 is 13.7. The first kappa shape index (κ1) is 15.4. The van der Waals surface area contributed by atoms with E-state index in [0.717, 1.165) is 25.8 Å². The zero-order chi connectivity index (χ0) is 16.7. The molecule has 3 aliphatic heterocycles. The molecule has 3 heterocycles. The second kappa shape index (κ2) is 6.07. The van der Waals surface area contributed by atoms with Crippen LogP contribution in [-0.4, -0.2) is 47.4 Å². The van der Waals surface area contributed by atoms with Crippen molar-refractivity contribution in [1.29, 1.82) is 0 Å². The summed E-state index contributed by atoms with van der Waals surface area (Å²) in [6.07, 6.45) is 3.72. The Labute approximate surface area is 140 Å². The maximum absolute atomic E-state index is 13.7. The fraction of sp³-hybridized carbons (Fsp3) is 0.556. The molecular formula is C18H22FN3O2. The van der Waals surface area contributed by atoms with Gasteiger partial charge in [-0.05, 0) is 43.2 Å². The average molecular weight is 331 g/mol. The van der Waals surface area contributed by atoms with Gasteiger partial charge in [-0.2, -0.15) is 0 Å². The molecule has 3 fully saturated rings. The molecule has 24 heavy (non-hydrogen) atoms. The lowest BCUT2D eigenvalue weighted by Crippen LogP contribution is -2.61. The molecule has 4 rings (SSSR count). The molecule has 6 heteroatoms. The third kappa shape index (κ3) is 2.74. The van der Waals surface area contributed by atoms with Gasteiger partial charge in [0.1, 0.15) is 5.82 Å². The largest absolute Gasteiger partial charge is 0.339 e. The monoisotopic (exact) mass is 331 g/mol. The van der Waals surface area contributed by atoms with E-state index in [0.29, 0.717) is 31.3 Å². The number of anilines is 1. The lowest BCUT2D eigenvalue weighted by molar-refractivity contribution is -0.144. The molecule has 5 nitrogen and oxygen atoms in total. The molecule has 1 aromatic rings. The van der Waals surface area contributed by atoms with Gasteiger partial charge in [0.05, 0.1) is 5.69 Å². The van der Waals surface area contributed by atoms with Gasteiger partial charge in [-0.3, -0.25) is 4.79 Å². The molecule has 3 aliphatic rings. The maximum atomic E-state index is 13.7. The van der Waals surface area contributed by atoms with E-state index in [1.165, 1.54) is 6.07 Å². The molecule has 0 spiro atoms. The van der Waals surface area contributed by atoms with Crippen molar-refractivity contribution in [3.05, 3.63) is 30.1 Å². The fourth-order valence-electron chi connectivity index (χ4n) is 4.53. The quantitative estimate of drug-likeness (QED) is 0.860. The van der Waals surface area contributed by atoms with E-state index in [-0.39, 0.29) is 23.7 Å². The molecule has 0 radical (unpaired) electrons. The predicted octanol–water partition coefficient (Wildman–Crippen LogP) is 2.69. The van der Waals surface area contributed by atoms with Crippen LogP contribution in [0, 0.1) is 17.7 Å². The van der Waals surface area contributed by atoms with E-state index in [9.17, 15) is 14.0 Å². The van der Waals surface area contributed by atoms with Gasteiger partial charge in [0.2, 0.25) is 5.91 Å². The summed E-state index contributed by atoms with van der Waals surface area (Å²) in [5, 5.41) is 2.68. The van der Waals surface area contributed by atoms with E-state index in [1.807, 2.05) is 0 Å². The van der Waals surface area contributed by atoms with Crippen molar-refractivity contribution in [2.75, 3.05) is 25.0 Å². The molecule has 1 N–H and O–H groups in total. The Morgan fingerprint density at radius 3 is 2.88 bits per heavy atom. The van der Waals surface area contributed by atoms with Crippen molar-refractivity contribution >= 4 is 17.6 Å². The zero-order valence-corrected chi connectivity index (χ0v) is 13.6. The smallest absolute Gasteiger partial charge is 0.321 e. The molecule has 128 valence electrons. The molecule has 2 bridgehead atoms. The van der Waals surface area contributed by atoms with Gasteiger partial charge in [-0.25, -0.2) is 9.18 Å². The van der Waals surface area contributed by atoms with Crippen LogP contribution in [0.15, 0.2) is 24.3 Å². The number of hydrogen-bond acceptors (Lipinski definition) is 2. The van der Waals surface area contributed by atoms with Gasteiger partial charge in [0.25, 0.3) is 0 Å². The Morgan fingerprint density at radius 1 is 1.21 bits per heavy atom. The summed E-state index contributed by atoms with van der Waals surface area (Å²) in [7, 11) is 0. The molecule has 0 unspecified atom stereocenters. The van der Waals surface area contributed by atoms with Crippen molar-refractivity contribution in [1.82, 2.24) is 9.80 Å². The van der Waals surface area contributed by atoms with Crippen LogP contribution in [0.5, 0.6) is 0 Å². The predicted molar refractivity (Wildman–Crippen MR) is 87.9 cm³/mol. The van der Waals surface area contributed by atoms with E-state index in [2.05, 4.69) is 10.2 Å². The van der Waals surface area contributed by atoms with Crippen LogP contribution in [-0.2, 0) is 4.79 Å². The van der Waals surface area contributed by atoms with Crippen molar-refractivity contribution < 1.29 is 14.0 Å². The molecule has 0 aliphatic carbocycles. The van der Waals surface area contributed by atoms with Crippen LogP contribution in [0.1, 0.15) is 25.7 Å². The van der Waals surface area contributed by atoms with Gasteiger partial charge in [-0.15, -0.1) is 0 Å². The number of nitrogens with one attached hydrogen (secondary N) is 1. The fourth-order valence-corrected chi connectivity index (χ4v) is 4.53. The van der Waals surface area contributed by atoms with Gasteiger partial charge in [-0.1, -0.05) is 12.1 Å². The van der Waals surface area contributed by atoms with Crippen LogP contribution >= 0.6 is 0 Å². The summed E-state index contributed by atoms with van der Waals surface area (Å²) in [6.45, 7) is 2.03. The number of halogens is 1. The highest BCUT2D eigenvalue weighted by atomic mass is 19.1. The Bertz CT molecular complexity index is 665. The molecule has 0 aromatic heterocycles. The van der Waals surface area contributed by atoms with E-state index in [1.54, 1.807) is 23.1 Å². The topological polar surface area (TPSA) is 52.7 Å². The third-order valence-electron chi connectivity index (χ3n) is 5.58. The average Bonchev–Trinajstić information content (AvgIpc) is 2.58. The summed E-state index contributed by atoms with van der Waals surface area (Å²) in [6, 6.07) is 6.24. The minimum atomic E-state index is -0.424. The highest BCUT2D eigenvalue weighted by Gasteiger charge is 2.44. The second-order valence-corrected chi connectivity index (χ2v) is 7.18. The first-order chi connectivity index (χ1) is 11.6. The number of carbonyl (C=O) groups is 2. The molecule has 3 atom stereocenters. The maximum Gasteiger partial charge on any atom is 0.321 e. The van der Waals surface area contributed by atoms with Crippen LogP contribution < -0.4 is 5.32 Å². The van der Waals surface area contributed by atoms with E-state index < -0.39 is 5.82 Å². The number of urea groups is 1. The Kier molecular flexibility index (Phi) is 3.90. The summed E-state index contributed by atoms with van der Waals surface area (Å²) in [5.41, 5.74) is 0.215. The van der Waals surface area contributed by atoms with Crippen molar-refractivity contribution in [2.45, 2.75) is 31.7 Å². The van der Waals surface area contributed by atoms with Gasteiger partial charge in [0.15, 0.2) is 0 Å². The van der Waals surface area contributed by atoms with E-state index in [4.69, 9.17) is 0 Å². The number of carbonyl (C=O) groups excluding carboxylic acids is 2. The highest BCUT2D eigenvalue weighted by Crippen LogP contribution is 2.38. The molecule has 3 amide bonds. The number of hydrogen-bond donors (Lipinski definition) is 1. The zero-order valence-electron chi connectivity index (χ0n) is 13.6. The second-order valence-electron chi connectivity index (χ2n) is 7.18. The van der Waals surface area contributed by atoms with Crippen LogP contribution in [0.4, 0.5) is 14.9 Å². The van der Waals surface area contributed by atoms with Gasteiger partial charge in [0, 0.05) is 32.1 Å². The Morgan fingerprint density at radius 2 is 2.04 bits per heavy atom. The normalized spacial score (nSPS) is 29.2. The number of para-hydroxylation sites is 1.